The number of ether oxygens (including phenoxy) is 4. The Bertz CT molecular complexity index is 1420. The van der Waals surface area contributed by atoms with Crippen molar-refractivity contribution in [1.82, 2.24) is 0 Å². The first-order valence-corrected chi connectivity index (χ1v) is 17.6. The van der Waals surface area contributed by atoms with Crippen molar-refractivity contribution in [3.8, 4) is 35.1 Å². The third-order valence-electron chi connectivity index (χ3n) is 7.78. The van der Waals surface area contributed by atoms with Gasteiger partial charge in [0.05, 0.1) is 51.4 Å². The van der Waals surface area contributed by atoms with E-state index in [1.165, 1.54) is 11.1 Å². The molecule has 0 spiro atoms. The summed E-state index contributed by atoms with van der Waals surface area (Å²) in [5.74, 6) is 3.54. The van der Waals surface area contributed by atoms with E-state index in [2.05, 4.69) is 36.4 Å². The Balaban J connectivity index is 0.000000501. The molecule has 0 aromatic heterocycles. The first kappa shape index (κ1) is 45.6. The maximum Gasteiger partial charge on any atom is 0.119 e. The first-order valence-electron chi connectivity index (χ1n) is 17.6. The number of hydrogen-bond acceptors (Lipinski definition) is 8. The van der Waals surface area contributed by atoms with E-state index >= 15 is 0 Å². The fourth-order valence-corrected chi connectivity index (χ4v) is 4.95. The van der Waals surface area contributed by atoms with Gasteiger partial charge in [0.2, 0.25) is 0 Å². The SMILES string of the molecule is Cl.Cl.N#CCc1ccc(OCCCCCOc2ccc(CC#N)cc2)cc1.NCCc1ccc(OCCCCCOc2ccc(CCN)cc2)cc1. The Morgan fingerprint density at radius 3 is 0.865 bits per heavy atom. The summed E-state index contributed by atoms with van der Waals surface area (Å²) in [5, 5.41) is 17.3. The molecule has 0 radical (unpaired) electrons. The zero-order chi connectivity index (χ0) is 35.5. The van der Waals surface area contributed by atoms with E-state index in [1.54, 1.807) is 0 Å². The van der Waals surface area contributed by atoms with Gasteiger partial charge in [-0.2, -0.15) is 10.5 Å². The molecule has 0 aliphatic rings. The summed E-state index contributed by atoms with van der Waals surface area (Å²) in [6.45, 7) is 4.20. The van der Waals surface area contributed by atoms with E-state index in [4.69, 9.17) is 40.9 Å². The predicted octanol–water partition coefficient (Wildman–Crippen LogP) is 8.61. The number of nitrogens with two attached hydrogens (primary N) is 2. The lowest BCUT2D eigenvalue weighted by molar-refractivity contribution is 0.279. The van der Waals surface area contributed by atoms with Crippen LogP contribution in [-0.2, 0) is 25.7 Å². The Labute approximate surface area is 322 Å². The highest BCUT2D eigenvalue weighted by Gasteiger charge is 2.00. The van der Waals surface area contributed by atoms with Crippen LogP contribution in [0.4, 0.5) is 0 Å². The molecule has 4 N–H and O–H groups in total. The summed E-state index contributed by atoms with van der Waals surface area (Å²) in [4.78, 5) is 0. The van der Waals surface area contributed by atoms with Gasteiger partial charge in [-0.05, 0) is 135 Å². The van der Waals surface area contributed by atoms with Gasteiger partial charge in [-0.25, -0.2) is 0 Å². The van der Waals surface area contributed by atoms with Crippen LogP contribution >= 0.6 is 24.8 Å². The molecular weight excluding hydrogens is 695 g/mol. The normalized spacial score (nSPS) is 9.85. The van der Waals surface area contributed by atoms with E-state index in [9.17, 15) is 0 Å². The number of unbranched alkanes of at least 4 members (excludes halogenated alkanes) is 4. The molecule has 0 aliphatic carbocycles. The number of nitrogens with zero attached hydrogens (tertiary/aromatic N) is 2. The van der Waals surface area contributed by atoms with Crippen molar-refractivity contribution in [1.29, 1.82) is 10.5 Å². The van der Waals surface area contributed by atoms with Gasteiger partial charge in [0.25, 0.3) is 0 Å². The molecule has 0 unspecified atom stereocenters. The third-order valence-corrected chi connectivity index (χ3v) is 7.78. The van der Waals surface area contributed by atoms with Gasteiger partial charge in [0.15, 0.2) is 0 Å². The topological polar surface area (TPSA) is 137 Å². The molecule has 0 heterocycles. The fraction of sp³-hybridized carbons (Fsp3) is 0.381. The van der Waals surface area contributed by atoms with Crippen molar-refractivity contribution in [3.05, 3.63) is 119 Å². The van der Waals surface area contributed by atoms with E-state index < -0.39 is 0 Å². The van der Waals surface area contributed by atoms with Crippen molar-refractivity contribution in [3.63, 3.8) is 0 Å². The lowest BCUT2D eigenvalue weighted by Gasteiger charge is -2.08. The van der Waals surface area contributed by atoms with Gasteiger partial charge in [0, 0.05) is 0 Å². The molecule has 0 saturated carbocycles. The molecule has 0 saturated heterocycles. The zero-order valence-electron chi connectivity index (χ0n) is 30.0. The summed E-state index contributed by atoms with van der Waals surface area (Å²) in [6, 6.07) is 36.0. The van der Waals surface area contributed by atoms with Gasteiger partial charge in [-0.15, -0.1) is 24.8 Å². The maximum absolute atomic E-state index is 8.64. The van der Waals surface area contributed by atoms with Crippen LogP contribution < -0.4 is 30.4 Å². The average molecular weight is 750 g/mol. The third kappa shape index (κ3) is 19.8. The molecule has 0 bridgehead atoms. The molecule has 4 rings (SSSR count). The summed E-state index contributed by atoms with van der Waals surface area (Å²) in [7, 11) is 0. The Kier molecular flexibility index (Phi) is 25.6. The number of halogens is 2. The van der Waals surface area contributed by atoms with Gasteiger partial charge < -0.3 is 30.4 Å². The van der Waals surface area contributed by atoms with E-state index in [0.717, 1.165) is 98.7 Å². The Morgan fingerprint density at radius 1 is 0.385 bits per heavy atom. The van der Waals surface area contributed by atoms with Crippen LogP contribution in [-0.4, -0.2) is 39.5 Å². The Hall–Kier alpha value is -4.44. The molecule has 4 aromatic rings. The minimum absolute atomic E-state index is 0. The second-order valence-electron chi connectivity index (χ2n) is 11.8. The van der Waals surface area contributed by atoms with Crippen molar-refractivity contribution < 1.29 is 18.9 Å². The van der Waals surface area contributed by atoms with Crippen molar-refractivity contribution in [2.45, 2.75) is 64.2 Å². The summed E-state index contributed by atoms with van der Waals surface area (Å²) >= 11 is 0. The molecule has 52 heavy (non-hydrogen) atoms. The minimum Gasteiger partial charge on any atom is -0.494 e. The fourth-order valence-electron chi connectivity index (χ4n) is 4.95. The molecule has 10 heteroatoms. The van der Waals surface area contributed by atoms with Crippen molar-refractivity contribution >= 4 is 24.8 Å². The Morgan fingerprint density at radius 2 is 0.635 bits per heavy atom. The second-order valence-corrected chi connectivity index (χ2v) is 11.8. The number of hydrogen-bond donors (Lipinski definition) is 2. The highest BCUT2D eigenvalue weighted by molar-refractivity contribution is 5.85. The summed E-state index contributed by atoms with van der Waals surface area (Å²) in [6.07, 6.45) is 8.84. The molecule has 0 amide bonds. The molecule has 0 aliphatic heterocycles. The van der Waals surface area contributed by atoms with Gasteiger partial charge in [0.1, 0.15) is 23.0 Å². The standard InChI is InChI=1S/C21H30N2O2.C21H22N2O2.2ClH/c2*22-14-12-18-4-8-20(9-5-18)24-16-2-1-3-17-25-21-10-6-19(7-11-21)13-15-23;;/h4-11H,1-3,12-17,22-23H2;4-11H,1-3,12-13,16-17H2;2*1H. The van der Waals surface area contributed by atoms with Crippen LogP contribution in [0.25, 0.3) is 0 Å². The first-order chi connectivity index (χ1) is 24.6. The van der Waals surface area contributed by atoms with Crippen molar-refractivity contribution in [2.75, 3.05) is 39.5 Å². The van der Waals surface area contributed by atoms with E-state index in [1.807, 2.05) is 72.8 Å². The smallest absolute Gasteiger partial charge is 0.119 e. The summed E-state index contributed by atoms with van der Waals surface area (Å²) < 4.78 is 22.9. The van der Waals surface area contributed by atoms with Crippen LogP contribution in [0.5, 0.6) is 23.0 Å². The van der Waals surface area contributed by atoms with Crippen LogP contribution in [0.1, 0.15) is 60.8 Å². The second kappa shape index (κ2) is 29.2. The zero-order valence-corrected chi connectivity index (χ0v) is 31.7. The quantitative estimate of drug-likeness (QED) is 0.0763. The lowest BCUT2D eigenvalue weighted by atomic mass is 10.1. The number of benzene rings is 4. The van der Waals surface area contributed by atoms with Crippen LogP contribution in [0.2, 0.25) is 0 Å². The van der Waals surface area contributed by atoms with E-state index in [-0.39, 0.29) is 24.8 Å². The molecule has 4 aromatic carbocycles. The molecule has 280 valence electrons. The average Bonchev–Trinajstić information content (AvgIpc) is 3.14. The maximum atomic E-state index is 8.64. The largest absolute Gasteiger partial charge is 0.494 e. The minimum atomic E-state index is 0. The van der Waals surface area contributed by atoms with Gasteiger partial charge in [-0.1, -0.05) is 48.5 Å². The highest BCUT2D eigenvalue weighted by Crippen LogP contribution is 2.16. The van der Waals surface area contributed by atoms with Crippen LogP contribution in [0, 0.1) is 22.7 Å². The molecular formula is C42H54Cl2N4O4. The lowest BCUT2D eigenvalue weighted by Crippen LogP contribution is -2.03. The summed E-state index contributed by atoms with van der Waals surface area (Å²) in [5.41, 5.74) is 15.6. The van der Waals surface area contributed by atoms with Gasteiger partial charge in [-0.3, -0.25) is 0 Å². The molecule has 0 atom stereocenters. The number of rotatable bonds is 22. The molecule has 0 fully saturated rings. The van der Waals surface area contributed by atoms with Crippen LogP contribution in [0.15, 0.2) is 97.1 Å². The van der Waals surface area contributed by atoms with Crippen molar-refractivity contribution in [2.24, 2.45) is 11.5 Å². The van der Waals surface area contributed by atoms with E-state index in [0.29, 0.717) is 39.1 Å². The predicted molar refractivity (Wildman–Crippen MR) is 214 cm³/mol. The van der Waals surface area contributed by atoms with Gasteiger partial charge >= 0.3 is 0 Å². The monoisotopic (exact) mass is 748 g/mol. The molecule has 8 nitrogen and oxygen atoms in total. The highest BCUT2D eigenvalue weighted by atomic mass is 35.5. The number of nitriles is 2. The van der Waals surface area contributed by atoms with Crippen LogP contribution in [0.3, 0.4) is 0 Å².